The second-order valence-corrected chi connectivity index (χ2v) is 8.11. The molecule has 0 aliphatic carbocycles. The van der Waals surface area contributed by atoms with Crippen molar-refractivity contribution in [3.05, 3.63) is 76.9 Å². The van der Waals surface area contributed by atoms with Crippen LogP contribution in [0.25, 0.3) is 10.8 Å². The molecule has 0 radical (unpaired) electrons. The van der Waals surface area contributed by atoms with Crippen LogP contribution in [-0.4, -0.2) is 60.7 Å². The molecule has 0 aromatic heterocycles. The summed E-state index contributed by atoms with van der Waals surface area (Å²) >= 11 is 0. The normalized spacial score (nSPS) is 15.8. The van der Waals surface area contributed by atoms with Crippen molar-refractivity contribution in [1.82, 2.24) is 10.4 Å². The predicted molar refractivity (Wildman–Crippen MR) is 122 cm³/mol. The number of hydrogen-bond acceptors (Lipinski definition) is 6. The van der Waals surface area contributed by atoms with Gasteiger partial charge in [0.15, 0.2) is 0 Å². The number of carbonyl (C=O) groups is 3. The minimum atomic E-state index is -0.593. The summed E-state index contributed by atoms with van der Waals surface area (Å²) in [4.78, 5) is 41.6. The smallest absolute Gasteiger partial charge is 0.274 e. The molecule has 1 fully saturated rings. The summed E-state index contributed by atoms with van der Waals surface area (Å²) in [6.07, 6.45) is 0.454. The zero-order valence-corrected chi connectivity index (χ0v) is 17.9. The van der Waals surface area contributed by atoms with Crippen molar-refractivity contribution in [1.29, 1.82) is 0 Å². The highest BCUT2D eigenvalue weighted by Gasteiger charge is 2.33. The topological polar surface area (TPSA) is 99.2 Å². The van der Waals surface area contributed by atoms with E-state index in [1.54, 1.807) is 35.8 Å². The van der Waals surface area contributed by atoms with Gasteiger partial charge in [-0.05, 0) is 42.3 Å². The van der Waals surface area contributed by atoms with Crippen LogP contribution in [0.15, 0.2) is 54.6 Å². The van der Waals surface area contributed by atoms with Gasteiger partial charge in [-0.3, -0.25) is 24.5 Å². The molecule has 33 heavy (non-hydrogen) atoms. The second-order valence-electron chi connectivity index (χ2n) is 8.11. The molecular weight excluding hydrogens is 422 g/mol. The zero-order chi connectivity index (χ0) is 22.9. The van der Waals surface area contributed by atoms with E-state index in [4.69, 9.17) is 9.94 Å². The van der Waals surface area contributed by atoms with Crippen molar-refractivity contribution in [2.45, 2.75) is 6.42 Å². The molecule has 0 saturated carbocycles. The summed E-state index contributed by atoms with van der Waals surface area (Å²) in [6, 6.07) is 16.0. The Morgan fingerprint density at radius 1 is 0.939 bits per heavy atom. The Balaban J connectivity index is 1.42. The van der Waals surface area contributed by atoms with E-state index in [2.05, 4.69) is 4.90 Å². The first-order valence-electron chi connectivity index (χ1n) is 10.9. The highest BCUT2D eigenvalue weighted by atomic mass is 16.5. The number of carbonyl (C=O) groups excluding carboxylic acids is 3. The van der Waals surface area contributed by atoms with Gasteiger partial charge in [-0.25, -0.2) is 5.48 Å². The Kier molecular flexibility index (Phi) is 5.53. The Morgan fingerprint density at radius 3 is 2.33 bits per heavy atom. The average molecular weight is 445 g/mol. The summed E-state index contributed by atoms with van der Waals surface area (Å²) in [5.41, 5.74) is 4.87. The van der Waals surface area contributed by atoms with Crippen molar-refractivity contribution < 1.29 is 24.3 Å². The minimum Gasteiger partial charge on any atom is -0.378 e. The summed E-state index contributed by atoms with van der Waals surface area (Å²) in [6.45, 7) is 3.07. The maximum Gasteiger partial charge on any atom is 0.274 e. The zero-order valence-electron chi connectivity index (χ0n) is 17.9. The van der Waals surface area contributed by atoms with Crippen LogP contribution < -0.4 is 10.4 Å². The number of anilines is 1. The summed E-state index contributed by atoms with van der Waals surface area (Å²) in [5.74, 6) is -1.19. The third-order valence-electron chi connectivity index (χ3n) is 6.26. The molecule has 2 aliphatic rings. The van der Waals surface area contributed by atoms with Gasteiger partial charge in [0.1, 0.15) is 0 Å². The van der Waals surface area contributed by atoms with E-state index >= 15 is 0 Å². The number of ether oxygens (including phenoxy) is 1. The van der Waals surface area contributed by atoms with Gasteiger partial charge >= 0.3 is 0 Å². The summed E-state index contributed by atoms with van der Waals surface area (Å²) in [7, 11) is 0. The standard InChI is InChI=1S/C25H23N3O5/c29-23(26-32)17-6-4-16(5-7-17)10-11-28-24(30)19-3-1-2-18-21(27-12-14-33-15-13-27)9-8-20(22(18)19)25(28)31/h1-9,32H,10-15H2,(H,26,29). The van der Waals surface area contributed by atoms with Crippen LogP contribution in [-0.2, 0) is 11.2 Å². The number of hydrogen-bond donors (Lipinski definition) is 2. The first-order valence-corrected chi connectivity index (χ1v) is 10.9. The number of morpholine rings is 1. The molecule has 3 aromatic rings. The molecule has 1 saturated heterocycles. The maximum atomic E-state index is 13.3. The molecule has 3 aromatic carbocycles. The van der Waals surface area contributed by atoms with Gasteiger partial charge in [0.2, 0.25) is 0 Å². The average Bonchev–Trinajstić information content (AvgIpc) is 2.87. The molecule has 8 heteroatoms. The van der Waals surface area contributed by atoms with Crippen molar-refractivity contribution in [3.8, 4) is 0 Å². The maximum absolute atomic E-state index is 13.3. The molecule has 0 bridgehead atoms. The van der Waals surface area contributed by atoms with E-state index in [1.165, 1.54) is 4.90 Å². The lowest BCUT2D eigenvalue weighted by Crippen LogP contribution is -2.42. The number of nitrogens with zero attached hydrogens (tertiary/aromatic N) is 2. The highest BCUT2D eigenvalue weighted by Crippen LogP contribution is 2.36. The number of nitrogens with one attached hydrogen (secondary N) is 1. The lowest BCUT2D eigenvalue weighted by atomic mass is 9.92. The first-order chi connectivity index (χ1) is 16.1. The third kappa shape index (κ3) is 3.73. The largest absolute Gasteiger partial charge is 0.378 e. The highest BCUT2D eigenvalue weighted by molar-refractivity contribution is 6.26. The SMILES string of the molecule is O=C(NO)c1ccc(CCN2C(=O)c3cccc4c(N5CCOCC5)ccc(c34)C2=O)cc1. The van der Waals surface area contributed by atoms with Crippen LogP contribution in [0.3, 0.4) is 0 Å². The Bertz CT molecular complexity index is 1230. The van der Waals surface area contributed by atoms with Crippen LogP contribution in [0.5, 0.6) is 0 Å². The van der Waals surface area contributed by atoms with Gasteiger partial charge in [0.25, 0.3) is 17.7 Å². The number of hydroxylamine groups is 1. The number of amides is 3. The van der Waals surface area contributed by atoms with E-state index in [-0.39, 0.29) is 18.4 Å². The van der Waals surface area contributed by atoms with Crippen LogP contribution in [0.1, 0.15) is 36.6 Å². The molecule has 5 rings (SSSR count). The van der Waals surface area contributed by atoms with Crippen LogP contribution in [0.4, 0.5) is 5.69 Å². The van der Waals surface area contributed by atoms with Crippen LogP contribution >= 0.6 is 0 Å². The number of imide groups is 1. The van der Waals surface area contributed by atoms with E-state index in [0.717, 1.165) is 29.7 Å². The van der Waals surface area contributed by atoms with Crippen molar-refractivity contribution >= 4 is 34.2 Å². The summed E-state index contributed by atoms with van der Waals surface area (Å²) in [5, 5.41) is 10.4. The molecule has 0 atom stereocenters. The fourth-order valence-electron chi connectivity index (χ4n) is 4.54. The lowest BCUT2D eigenvalue weighted by molar-refractivity contribution is 0.0612. The van der Waals surface area contributed by atoms with Crippen molar-refractivity contribution in [3.63, 3.8) is 0 Å². The Hall–Kier alpha value is -3.75. The van der Waals surface area contributed by atoms with Gasteiger partial charge in [0, 0.05) is 52.8 Å². The predicted octanol–water partition coefficient (Wildman–Crippen LogP) is 2.63. The molecule has 168 valence electrons. The summed E-state index contributed by atoms with van der Waals surface area (Å²) < 4.78 is 5.46. The fraction of sp³-hybridized carbons (Fsp3) is 0.240. The fourth-order valence-corrected chi connectivity index (χ4v) is 4.54. The number of benzene rings is 3. The van der Waals surface area contributed by atoms with E-state index in [1.807, 2.05) is 24.3 Å². The van der Waals surface area contributed by atoms with E-state index in [0.29, 0.717) is 41.7 Å². The molecule has 2 heterocycles. The second kappa shape index (κ2) is 8.65. The van der Waals surface area contributed by atoms with Crippen molar-refractivity contribution in [2.75, 3.05) is 37.7 Å². The molecule has 3 amide bonds. The van der Waals surface area contributed by atoms with E-state index < -0.39 is 5.91 Å². The quantitative estimate of drug-likeness (QED) is 0.356. The molecule has 0 spiro atoms. The molecular formula is C25H23N3O5. The molecule has 0 unspecified atom stereocenters. The molecule has 2 aliphatic heterocycles. The van der Waals surface area contributed by atoms with Gasteiger partial charge in [-0.1, -0.05) is 24.3 Å². The first kappa shape index (κ1) is 21.1. The third-order valence-corrected chi connectivity index (χ3v) is 6.26. The van der Waals surface area contributed by atoms with Crippen LogP contribution in [0, 0.1) is 0 Å². The molecule has 8 nitrogen and oxygen atoms in total. The van der Waals surface area contributed by atoms with Gasteiger partial charge < -0.3 is 9.64 Å². The van der Waals surface area contributed by atoms with Crippen molar-refractivity contribution in [2.24, 2.45) is 0 Å². The monoisotopic (exact) mass is 445 g/mol. The van der Waals surface area contributed by atoms with Crippen LogP contribution in [0.2, 0.25) is 0 Å². The van der Waals surface area contributed by atoms with E-state index in [9.17, 15) is 14.4 Å². The van der Waals surface area contributed by atoms with Gasteiger partial charge in [0.05, 0.1) is 13.2 Å². The Morgan fingerprint density at radius 2 is 1.64 bits per heavy atom. The Labute approximate surface area is 190 Å². The number of rotatable bonds is 5. The molecule has 2 N–H and O–H groups in total. The minimum absolute atomic E-state index is 0.226. The van der Waals surface area contributed by atoms with Gasteiger partial charge in [-0.15, -0.1) is 0 Å². The van der Waals surface area contributed by atoms with Gasteiger partial charge in [-0.2, -0.15) is 0 Å². The lowest BCUT2D eigenvalue weighted by Gasteiger charge is -2.32.